The molecule has 1 aliphatic rings. The summed E-state index contributed by atoms with van der Waals surface area (Å²) in [5, 5.41) is 2.47. The third kappa shape index (κ3) is 1.66. The van der Waals surface area contributed by atoms with E-state index >= 15 is 0 Å². The van der Waals surface area contributed by atoms with E-state index in [0.717, 1.165) is 17.8 Å². The van der Waals surface area contributed by atoms with Crippen LogP contribution in [-0.2, 0) is 0 Å². The van der Waals surface area contributed by atoms with Crippen LogP contribution in [0.3, 0.4) is 0 Å². The van der Waals surface area contributed by atoms with Gasteiger partial charge in [0.25, 0.3) is 0 Å². The van der Waals surface area contributed by atoms with E-state index in [1.54, 1.807) is 12.3 Å². The molecule has 2 heterocycles. The van der Waals surface area contributed by atoms with Crippen LogP contribution >= 0.6 is 11.6 Å². The molecule has 3 N–H and O–H groups in total. The lowest BCUT2D eigenvalue weighted by Gasteiger charge is -2.04. The third-order valence-corrected chi connectivity index (χ3v) is 2.32. The summed E-state index contributed by atoms with van der Waals surface area (Å²) in [7, 11) is 1.93. The first-order chi connectivity index (χ1) is 6.66. The normalized spacial score (nSPS) is 15.9. The molecule has 1 aromatic rings. The Morgan fingerprint density at radius 3 is 3.00 bits per heavy atom. The van der Waals surface area contributed by atoms with Crippen LogP contribution in [0.15, 0.2) is 18.5 Å². The summed E-state index contributed by atoms with van der Waals surface area (Å²) in [4.78, 5) is 4.20. The minimum atomic E-state index is 0.582. The van der Waals surface area contributed by atoms with Gasteiger partial charge in [-0.25, -0.2) is 5.43 Å². The van der Waals surface area contributed by atoms with E-state index < -0.39 is 0 Å². The Bertz CT molecular complexity index is 388. The fraction of sp³-hybridized carbons (Fsp3) is 0.222. The Morgan fingerprint density at radius 2 is 2.43 bits per heavy atom. The van der Waals surface area contributed by atoms with Crippen molar-refractivity contribution in [3.8, 4) is 0 Å². The van der Waals surface area contributed by atoms with Gasteiger partial charge in [0.2, 0.25) is 0 Å². The van der Waals surface area contributed by atoms with Gasteiger partial charge in [-0.3, -0.25) is 4.98 Å². The molecule has 0 amide bonds. The summed E-state index contributed by atoms with van der Waals surface area (Å²) in [6, 6.07) is 1.71. The maximum atomic E-state index is 6.03. The molecule has 0 aliphatic carbocycles. The predicted octanol–water partition coefficient (Wildman–Crippen LogP) is 1.11. The molecule has 1 aromatic heterocycles. The van der Waals surface area contributed by atoms with Crippen molar-refractivity contribution in [3.63, 3.8) is 0 Å². The molecular weight excluding hydrogens is 200 g/mol. The van der Waals surface area contributed by atoms with E-state index in [4.69, 9.17) is 17.3 Å². The molecule has 1 aliphatic heterocycles. The van der Waals surface area contributed by atoms with Gasteiger partial charge >= 0.3 is 0 Å². The van der Waals surface area contributed by atoms with Crippen molar-refractivity contribution in [2.45, 2.75) is 0 Å². The Labute approximate surface area is 87.3 Å². The lowest BCUT2D eigenvalue weighted by molar-refractivity contribution is 0.374. The second-order valence-electron chi connectivity index (χ2n) is 3.20. The van der Waals surface area contributed by atoms with Crippen LogP contribution in [0.5, 0.6) is 0 Å². The van der Waals surface area contributed by atoms with E-state index in [1.165, 1.54) is 0 Å². The zero-order valence-corrected chi connectivity index (χ0v) is 8.54. The number of nitrogen functional groups attached to an aromatic ring is 1. The van der Waals surface area contributed by atoms with Crippen LogP contribution in [-0.4, -0.2) is 23.6 Å². The van der Waals surface area contributed by atoms with Gasteiger partial charge < -0.3 is 10.7 Å². The van der Waals surface area contributed by atoms with Crippen molar-refractivity contribution >= 4 is 22.9 Å². The average molecular weight is 211 g/mol. The Morgan fingerprint density at radius 1 is 1.64 bits per heavy atom. The van der Waals surface area contributed by atoms with E-state index in [1.807, 2.05) is 18.3 Å². The maximum Gasteiger partial charge on any atom is 0.0878 e. The number of rotatable bonds is 1. The lowest BCUT2D eigenvalue weighted by atomic mass is 10.2. The summed E-state index contributed by atoms with van der Waals surface area (Å²) in [6.45, 7) is 0.743. The molecule has 0 spiro atoms. The van der Waals surface area contributed by atoms with Crippen molar-refractivity contribution in [1.82, 2.24) is 15.4 Å². The minimum Gasteiger partial charge on any atom is -0.397 e. The largest absolute Gasteiger partial charge is 0.397 e. The molecule has 0 fully saturated rings. The van der Waals surface area contributed by atoms with Crippen LogP contribution < -0.4 is 11.2 Å². The highest BCUT2D eigenvalue weighted by atomic mass is 35.5. The van der Waals surface area contributed by atoms with E-state index in [2.05, 4.69) is 10.4 Å². The van der Waals surface area contributed by atoms with Crippen LogP contribution in [0.2, 0.25) is 5.02 Å². The number of hydrogen-bond acceptors (Lipinski definition) is 4. The van der Waals surface area contributed by atoms with Gasteiger partial charge in [0, 0.05) is 25.4 Å². The second kappa shape index (κ2) is 3.48. The number of nitrogens with one attached hydrogen (secondary N) is 1. The Kier molecular flexibility index (Phi) is 2.31. The molecule has 0 unspecified atom stereocenters. The number of nitrogens with zero attached hydrogens (tertiary/aromatic N) is 2. The summed E-state index contributed by atoms with van der Waals surface area (Å²) >= 11 is 6.03. The molecule has 0 radical (unpaired) electrons. The fourth-order valence-corrected chi connectivity index (χ4v) is 1.66. The number of nitrogens with two attached hydrogens (primary N) is 1. The van der Waals surface area contributed by atoms with Gasteiger partial charge in [0.15, 0.2) is 0 Å². The number of anilines is 1. The molecule has 0 saturated carbocycles. The molecule has 14 heavy (non-hydrogen) atoms. The first kappa shape index (κ1) is 9.30. The Balaban J connectivity index is 2.37. The second-order valence-corrected chi connectivity index (χ2v) is 3.61. The summed E-state index contributed by atoms with van der Waals surface area (Å²) < 4.78 is 0. The van der Waals surface area contributed by atoms with E-state index in [0.29, 0.717) is 10.7 Å². The van der Waals surface area contributed by atoms with Gasteiger partial charge in [-0.05, 0) is 6.07 Å². The zero-order valence-electron chi connectivity index (χ0n) is 7.79. The van der Waals surface area contributed by atoms with E-state index in [-0.39, 0.29) is 0 Å². The van der Waals surface area contributed by atoms with Crippen LogP contribution in [0.1, 0.15) is 5.69 Å². The van der Waals surface area contributed by atoms with Crippen LogP contribution in [0.4, 0.5) is 5.69 Å². The molecule has 2 rings (SSSR count). The number of halogens is 1. The van der Waals surface area contributed by atoms with Crippen molar-refractivity contribution in [1.29, 1.82) is 0 Å². The molecular formula is C9H11ClN4. The molecule has 0 bridgehead atoms. The maximum absolute atomic E-state index is 6.03. The zero-order chi connectivity index (χ0) is 10.1. The molecule has 0 saturated heterocycles. The molecule has 0 atom stereocenters. The highest BCUT2D eigenvalue weighted by Gasteiger charge is 2.14. The summed E-state index contributed by atoms with van der Waals surface area (Å²) in [5.74, 6) is 0. The molecule has 74 valence electrons. The highest BCUT2D eigenvalue weighted by molar-refractivity contribution is 6.32. The predicted molar refractivity (Wildman–Crippen MR) is 57.4 cm³/mol. The van der Waals surface area contributed by atoms with Crippen LogP contribution in [0.25, 0.3) is 5.57 Å². The van der Waals surface area contributed by atoms with Gasteiger partial charge in [-0.2, -0.15) is 0 Å². The first-order valence-corrected chi connectivity index (χ1v) is 4.63. The van der Waals surface area contributed by atoms with Gasteiger partial charge in [0.05, 0.1) is 22.6 Å². The highest BCUT2D eigenvalue weighted by Crippen LogP contribution is 2.24. The van der Waals surface area contributed by atoms with Crippen molar-refractivity contribution in [2.75, 3.05) is 19.3 Å². The summed E-state index contributed by atoms with van der Waals surface area (Å²) in [5.41, 5.74) is 11.1. The van der Waals surface area contributed by atoms with Gasteiger partial charge in [-0.1, -0.05) is 11.6 Å². The monoisotopic (exact) mass is 210 g/mol. The van der Waals surface area contributed by atoms with Gasteiger partial charge in [-0.15, -0.1) is 0 Å². The standard InChI is InChI=1S/C9H11ClN4/c1-14-5-6(3-13-14)9-8(10)2-7(11)4-12-9/h2,4-5,13H,3,11H2,1H3. The van der Waals surface area contributed by atoms with Gasteiger partial charge in [0.1, 0.15) is 0 Å². The van der Waals surface area contributed by atoms with Crippen molar-refractivity contribution in [3.05, 3.63) is 29.2 Å². The third-order valence-electron chi connectivity index (χ3n) is 2.03. The number of aromatic nitrogens is 1. The quantitative estimate of drug-likeness (QED) is 0.729. The molecule has 5 heteroatoms. The molecule has 4 nitrogen and oxygen atoms in total. The van der Waals surface area contributed by atoms with E-state index in [9.17, 15) is 0 Å². The number of hydrazine groups is 1. The summed E-state index contributed by atoms with van der Waals surface area (Å²) in [6.07, 6.45) is 3.57. The van der Waals surface area contributed by atoms with Crippen molar-refractivity contribution < 1.29 is 0 Å². The first-order valence-electron chi connectivity index (χ1n) is 4.25. The van der Waals surface area contributed by atoms with Crippen molar-refractivity contribution in [2.24, 2.45) is 0 Å². The lowest BCUT2D eigenvalue weighted by Crippen LogP contribution is -2.23. The fourth-order valence-electron chi connectivity index (χ4n) is 1.37. The number of hydrogen-bond donors (Lipinski definition) is 2. The smallest absolute Gasteiger partial charge is 0.0878 e. The van der Waals surface area contributed by atoms with Crippen LogP contribution in [0, 0.1) is 0 Å². The number of pyridine rings is 1. The topological polar surface area (TPSA) is 54.2 Å². The SMILES string of the molecule is CN1C=C(c2ncc(N)cc2Cl)CN1. The average Bonchev–Trinajstić information content (AvgIpc) is 2.51. The Hall–Kier alpha value is -1.26. The minimum absolute atomic E-state index is 0.582. The molecule has 0 aromatic carbocycles.